The minimum atomic E-state index is -0.457. The molecule has 3 N–H and O–H groups in total. The first-order valence-corrected chi connectivity index (χ1v) is 8.01. The zero-order valence-electron chi connectivity index (χ0n) is 13.7. The first kappa shape index (κ1) is 22.2. The van der Waals surface area contributed by atoms with Crippen molar-refractivity contribution in [2.75, 3.05) is 19.6 Å². The minimum absolute atomic E-state index is 0. The molecule has 1 heterocycles. The van der Waals surface area contributed by atoms with Crippen LogP contribution in [0.4, 0.5) is 0 Å². The molecular weight excluding hydrogens is 333 g/mol. The largest absolute Gasteiger partial charge is 0.352 e. The molecule has 0 saturated carbocycles. The van der Waals surface area contributed by atoms with Crippen LogP contribution in [0.1, 0.15) is 31.7 Å². The molecule has 1 amide bonds. The molecule has 1 saturated heterocycles. The molecule has 23 heavy (non-hydrogen) atoms. The van der Waals surface area contributed by atoms with Gasteiger partial charge in [0.2, 0.25) is 5.91 Å². The molecular formula is C17H29Cl2N3O. The van der Waals surface area contributed by atoms with E-state index in [4.69, 9.17) is 5.73 Å². The Labute approximate surface area is 152 Å². The van der Waals surface area contributed by atoms with Crippen LogP contribution in [0, 0.1) is 0 Å². The Balaban J connectivity index is 0.00000242. The number of nitrogens with one attached hydrogen (secondary N) is 1. The molecule has 6 heteroatoms. The van der Waals surface area contributed by atoms with Crippen molar-refractivity contribution in [3.8, 4) is 0 Å². The van der Waals surface area contributed by atoms with Gasteiger partial charge in [-0.25, -0.2) is 0 Å². The number of amides is 1. The van der Waals surface area contributed by atoms with Crippen LogP contribution in [0.2, 0.25) is 0 Å². The summed E-state index contributed by atoms with van der Waals surface area (Å²) in [6.45, 7) is 5.52. The lowest BCUT2D eigenvalue weighted by Gasteiger charge is -2.32. The van der Waals surface area contributed by atoms with E-state index in [1.165, 1.54) is 6.42 Å². The number of nitrogens with zero attached hydrogens (tertiary/aromatic N) is 1. The second kappa shape index (κ2) is 11.7. The Bertz CT molecular complexity index is 437. The third-order valence-electron chi connectivity index (χ3n) is 4.11. The second-order valence-electron chi connectivity index (χ2n) is 5.92. The molecule has 1 aromatic carbocycles. The lowest BCUT2D eigenvalue weighted by atomic mass is 10.0. The van der Waals surface area contributed by atoms with Crippen molar-refractivity contribution in [1.29, 1.82) is 0 Å². The van der Waals surface area contributed by atoms with E-state index in [2.05, 4.69) is 17.1 Å². The van der Waals surface area contributed by atoms with Crippen LogP contribution < -0.4 is 11.1 Å². The highest BCUT2D eigenvalue weighted by molar-refractivity contribution is 5.85. The number of piperidine rings is 1. The Morgan fingerprint density at radius 2 is 1.87 bits per heavy atom. The van der Waals surface area contributed by atoms with Crippen molar-refractivity contribution < 1.29 is 4.79 Å². The number of rotatable bonds is 6. The van der Waals surface area contributed by atoms with E-state index in [0.29, 0.717) is 6.42 Å². The normalized spacial score (nSPS) is 16.8. The van der Waals surface area contributed by atoms with Crippen LogP contribution in [0.25, 0.3) is 0 Å². The number of hydrogen-bond donors (Lipinski definition) is 2. The average molecular weight is 362 g/mol. The average Bonchev–Trinajstić information content (AvgIpc) is 2.50. The zero-order valence-corrected chi connectivity index (χ0v) is 15.4. The van der Waals surface area contributed by atoms with E-state index in [0.717, 1.165) is 38.0 Å². The summed E-state index contributed by atoms with van der Waals surface area (Å²) in [6, 6.07) is 9.77. The number of carbonyl (C=O) groups excluding carboxylic acids is 1. The SMILES string of the molecule is CCCN1CCC(NC(=O)C(N)Cc2ccccc2)CC1.Cl.Cl. The number of benzene rings is 1. The number of halogens is 2. The van der Waals surface area contributed by atoms with Gasteiger partial charge in [0.15, 0.2) is 0 Å². The summed E-state index contributed by atoms with van der Waals surface area (Å²) in [7, 11) is 0. The molecule has 1 atom stereocenters. The third kappa shape index (κ3) is 7.53. The predicted octanol–water partition coefficient (Wildman–Crippen LogP) is 2.39. The van der Waals surface area contributed by atoms with Gasteiger partial charge in [-0.2, -0.15) is 0 Å². The fraction of sp³-hybridized carbons (Fsp3) is 0.588. The number of likely N-dealkylation sites (tertiary alicyclic amines) is 1. The molecule has 0 radical (unpaired) electrons. The molecule has 2 rings (SSSR count). The fourth-order valence-corrected chi connectivity index (χ4v) is 2.89. The number of hydrogen-bond acceptors (Lipinski definition) is 3. The summed E-state index contributed by atoms with van der Waals surface area (Å²) in [5, 5.41) is 3.11. The van der Waals surface area contributed by atoms with Crippen LogP contribution in [-0.4, -0.2) is 42.5 Å². The van der Waals surface area contributed by atoms with E-state index in [1.54, 1.807) is 0 Å². The maximum atomic E-state index is 12.2. The maximum absolute atomic E-state index is 12.2. The van der Waals surface area contributed by atoms with E-state index in [-0.39, 0.29) is 36.8 Å². The molecule has 132 valence electrons. The quantitative estimate of drug-likeness (QED) is 0.817. The van der Waals surface area contributed by atoms with Crippen LogP contribution in [0.3, 0.4) is 0 Å². The third-order valence-corrected chi connectivity index (χ3v) is 4.11. The van der Waals surface area contributed by atoms with Crippen LogP contribution in [-0.2, 0) is 11.2 Å². The van der Waals surface area contributed by atoms with Gasteiger partial charge in [-0.15, -0.1) is 24.8 Å². The first-order chi connectivity index (χ1) is 10.2. The summed E-state index contributed by atoms with van der Waals surface area (Å²) in [5.74, 6) is -0.0206. The number of nitrogens with two attached hydrogens (primary N) is 1. The second-order valence-corrected chi connectivity index (χ2v) is 5.92. The highest BCUT2D eigenvalue weighted by Gasteiger charge is 2.22. The Morgan fingerprint density at radius 3 is 2.43 bits per heavy atom. The molecule has 0 bridgehead atoms. The lowest BCUT2D eigenvalue weighted by Crippen LogP contribution is -2.50. The molecule has 4 nitrogen and oxygen atoms in total. The first-order valence-electron chi connectivity index (χ1n) is 8.01. The fourth-order valence-electron chi connectivity index (χ4n) is 2.89. The van der Waals surface area contributed by atoms with Gasteiger partial charge in [-0.3, -0.25) is 4.79 Å². The van der Waals surface area contributed by atoms with Gasteiger partial charge in [0, 0.05) is 19.1 Å². The van der Waals surface area contributed by atoms with Gasteiger partial charge < -0.3 is 16.0 Å². The van der Waals surface area contributed by atoms with Crippen LogP contribution in [0.5, 0.6) is 0 Å². The van der Waals surface area contributed by atoms with Crippen LogP contribution >= 0.6 is 24.8 Å². The van der Waals surface area contributed by atoms with Gasteiger partial charge in [0.25, 0.3) is 0 Å². The molecule has 1 aromatic rings. The van der Waals surface area contributed by atoms with E-state index in [9.17, 15) is 4.79 Å². The van der Waals surface area contributed by atoms with Gasteiger partial charge in [0.1, 0.15) is 0 Å². The molecule has 0 aliphatic carbocycles. The zero-order chi connectivity index (χ0) is 15.1. The molecule has 1 aliphatic heterocycles. The summed E-state index contributed by atoms with van der Waals surface area (Å²) >= 11 is 0. The molecule has 0 aromatic heterocycles. The number of carbonyl (C=O) groups is 1. The molecule has 1 fully saturated rings. The van der Waals surface area contributed by atoms with Crippen molar-refractivity contribution in [1.82, 2.24) is 10.2 Å². The maximum Gasteiger partial charge on any atom is 0.237 e. The van der Waals surface area contributed by atoms with Gasteiger partial charge in [-0.05, 0) is 37.8 Å². The smallest absolute Gasteiger partial charge is 0.237 e. The summed E-state index contributed by atoms with van der Waals surface area (Å²) in [5.41, 5.74) is 7.13. The van der Waals surface area contributed by atoms with Crippen molar-refractivity contribution in [2.45, 2.75) is 44.7 Å². The van der Waals surface area contributed by atoms with E-state index >= 15 is 0 Å². The topological polar surface area (TPSA) is 58.4 Å². The Kier molecular flexibility index (Phi) is 11.3. The monoisotopic (exact) mass is 361 g/mol. The Morgan fingerprint density at radius 1 is 1.26 bits per heavy atom. The molecule has 1 unspecified atom stereocenters. The van der Waals surface area contributed by atoms with Crippen LogP contribution in [0.15, 0.2) is 30.3 Å². The van der Waals surface area contributed by atoms with Crippen molar-refractivity contribution in [3.63, 3.8) is 0 Å². The van der Waals surface area contributed by atoms with Gasteiger partial charge in [-0.1, -0.05) is 37.3 Å². The van der Waals surface area contributed by atoms with Gasteiger partial charge >= 0.3 is 0 Å². The lowest BCUT2D eigenvalue weighted by molar-refractivity contribution is -0.123. The van der Waals surface area contributed by atoms with Crippen molar-refractivity contribution in [3.05, 3.63) is 35.9 Å². The van der Waals surface area contributed by atoms with Gasteiger partial charge in [0.05, 0.1) is 6.04 Å². The van der Waals surface area contributed by atoms with Crippen molar-refractivity contribution >= 4 is 30.7 Å². The molecule has 0 spiro atoms. The van der Waals surface area contributed by atoms with Crippen molar-refractivity contribution in [2.24, 2.45) is 5.73 Å². The minimum Gasteiger partial charge on any atom is -0.352 e. The molecule has 1 aliphatic rings. The van der Waals surface area contributed by atoms with E-state index in [1.807, 2.05) is 30.3 Å². The Hall–Kier alpha value is -0.810. The van der Waals surface area contributed by atoms with E-state index < -0.39 is 6.04 Å². The highest BCUT2D eigenvalue weighted by atomic mass is 35.5. The predicted molar refractivity (Wildman–Crippen MR) is 101 cm³/mol. The summed E-state index contributed by atoms with van der Waals surface area (Å²) in [6.07, 6.45) is 3.86. The standard InChI is InChI=1S/C17H27N3O.2ClH/c1-2-10-20-11-8-15(9-12-20)19-17(21)16(18)13-14-6-4-3-5-7-14;;/h3-7,15-16H,2,8-13,18H2,1H3,(H,19,21);2*1H. The summed E-state index contributed by atoms with van der Waals surface area (Å²) in [4.78, 5) is 14.6. The summed E-state index contributed by atoms with van der Waals surface area (Å²) < 4.78 is 0. The highest BCUT2D eigenvalue weighted by Crippen LogP contribution is 2.11.